The van der Waals surface area contributed by atoms with E-state index in [1.165, 1.54) is 6.26 Å². The van der Waals surface area contributed by atoms with Crippen LogP contribution in [0.1, 0.15) is 30.8 Å². The monoisotopic (exact) mass is 533 g/mol. The predicted octanol–water partition coefficient (Wildman–Crippen LogP) is 1.98. The molecule has 3 rings (SSSR count). The number of hydrogen-bond donors (Lipinski definition) is 1. The normalized spacial score (nSPS) is 19.5. The number of carbonyl (C=O) groups is 1. The molecule has 1 amide bonds. The van der Waals surface area contributed by atoms with Crippen LogP contribution in [0.5, 0.6) is 0 Å². The molecule has 0 bridgehead atoms. The third kappa shape index (κ3) is 6.84. The molecular formula is C21H36IN5O3. The van der Waals surface area contributed by atoms with Gasteiger partial charge in [0.05, 0.1) is 19.5 Å². The minimum atomic E-state index is -0.0399. The second-order valence-corrected chi connectivity index (χ2v) is 8.12. The predicted molar refractivity (Wildman–Crippen MR) is 129 cm³/mol. The molecule has 2 fully saturated rings. The second-order valence-electron chi connectivity index (χ2n) is 8.12. The fraction of sp³-hybridized carbons (Fsp3) is 0.714. The lowest BCUT2D eigenvalue weighted by molar-refractivity contribution is 0.0131. The summed E-state index contributed by atoms with van der Waals surface area (Å²) in [6.07, 6.45) is 2.69. The van der Waals surface area contributed by atoms with Gasteiger partial charge in [0.2, 0.25) is 0 Å². The van der Waals surface area contributed by atoms with E-state index in [4.69, 9.17) is 9.15 Å². The summed E-state index contributed by atoms with van der Waals surface area (Å²) in [5.41, 5.74) is 0. The minimum Gasteiger partial charge on any atom is -0.459 e. The Kier molecular flexibility index (Phi) is 10.4. The highest BCUT2D eigenvalue weighted by Crippen LogP contribution is 2.14. The largest absolute Gasteiger partial charge is 0.459 e. The highest BCUT2D eigenvalue weighted by molar-refractivity contribution is 14.0. The Hall–Kier alpha value is -1.33. The average molecular weight is 533 g/mol. The molecule has 0 aliphatic carbocycles. The number of guanidine groups is 1. The molecular weight excluding hydrogens is 497 g/mol. The second kappa shape index (κ2) is 12.5. The van der Waals surface area contributed by atoms with Gasteiger partial charge in [-0.2, -0.15) is 0 Å². The number of morpholine rings is 1. The number of rotatable bonds is 6. The Balaban J connectivity index is 0.00000320. The number of halogens is 1. The van der Waals surface area contributed by atoms with E-state index in [0.717, 1.165) is 58.3 Å². The number of hydrogen-bond acceptors (Lipinski definition) is 5. The third-order valence-electron chi connectivity index (χ3n) is 5.61. The summed E-state index contributed by atoms with van der Waals surface area (Å²) in [4.78, 5) is 23.6. The topological polar surface area (TPSA) is 73.6 Å². The fourth-order valence-corrected chi connectivity index (χ4v) is 4.07. The lowest BCUT2D eigenvalue weighted by atomic mass is 10.0. The molecule has 1 aromatic rings. The van der Waals surface area contributed by atoms with E-state index in [1.807, 2.05) is 11.9 Å². The van der Waals surface area contributed by atoms with E-state index >= 15 is 0 Å². The van der Waals surface area contributed by atoms with Crippen LogP contribution in [0.15, 0.2) is 27.8 Å². The van der Waals surface area contributed by atoms with Crippen LogP contribution in [0.3, 0.4) is 0 Å². The Morgan fingerprint density at radius 2 is 1.80 bits per heavy atom. The molecule has 8 nitrogen and oxygen atoms in total. The van der Waals surface area contributed by atoms with Gasteiger partial charge in [0.15, 0.2) is 11.7 Å². The van der Waals surface area contributed by atoms with Crippen molar-refractivity contribution in [3.8, 4) is 0 Å². The van der Waals surface area contributed by atoms with Gasteiger partial charge >= 0.3 is 0 Å². The molecule has 2 aliphatic heterocycles. The first-order valence-corrected chi connectivity index (χ1v) is 10.7. The molecule has 1 atom stereocenters. The van der Waals surface area contributed by atoms with Crippen LogP contribution in [-0.4, -0.2) is 98.7 Å². The summed E-state index contributed by atoms with van der Waals surface area (Å²) in [5.74, 6) is 1.92. The quantitative estimate of drug-likeness (QED) is 0.343. The Bertz CT molecular complexity index is 654. The number of amides is 1. The highest BCUT2D eigenvalue weighted by Gasteiger charge is 2.26. The van der Waals surface area contributed by atoms with Crippen LogP contribution in [0.2, 0.25) is 0 Å². The van der Waals surface area contributed by atoms with Crippen LogP contribution in [0.25, 0.3) is 0 Å². The molecule has 0 saturated carbocycles. The summed E-state index contributed by atoms with van der Waals surface area (Å²) in [5, 5.41) is 3.58. The van der Waals surface area contributed by atoms with Crippen molar-refractivity contribution in [2.75, 3.05) is 66.1 Å². The summed E-state index contributed by atoms with van der Waals surface area (Å²) >= 11 is 0. The van der Waals surface area contributed by atoms with E-state index in [1.54, 1.807) is 12.1 Å². The summed E-state index contributed by atoms with van der Waals surface area (Å²) < 4.78 is 10.8. The third-order valence-corrected chi connectivity index (χ3v) is 5.61. The summed E-state index contributed by atoms with van der Waals surface area (Å²) in [6.45, 7) is 11.9. The van der Waals surface area contributed by atoms with Gasteiger partial charge in [-0.3, -0.25) is 14.7 Å². The molecule has 30 heavy (non-hydrogen) atoms. The van der Waals surface area contributed by atoms with Crippen molar-refractivity contribution in [1.82, 2.24) is 20.0 Å². The Labute approximate surface area is 197 Å². The summed E-state index contributed by atoms with van der Waals surface area (Å²) in [7, 11) is 1.83. The number of ether oxygens (including phenoxy) is 1. The van der Waals surface area contributed by atoms with Crippen molar-refractivity contribution in [3.63, 3.8) is 0 Å². The standard InChI is InChI=1S/C21H35N5O3.HI/c1-17(2)15-18(24-10-13-28-14-11-24)16-23-21(22-3)26-8-6-25(7-9-26)20(27)19-5-4-12-29-19;/h4-5,12,17-18H,6-11,13-16H2,1-3H3,(H,22,23);1H. The van der Waals surface area contributed by atoms with Gasteiger partial charge < -0.3 is 24.3 Å². The first-order chi connectivity index (χ1) is 14.1. The average Bonchev–Trinajstić information content (AvgIpc) is 3.28. The molecule has 0 radical (unpaired) electrons. The van der Waals surface area contributed by atoms with Crippen molar-refractivity contribution < 1.29 is 13.9 Å². The Morgan fingerprint density at radius 3 is 2.37 bits per heavy atom. The van der Waals surface area contributed by atoms with Crippen molar-refractivity contribution in [2.24, 2.45) is 10.9 Å². The molecule has 0 aromatic carbocycles. The minimum absolute atomic E-state index is 0. The zero-order valence-corrected chi connectivity index (χ0v) is 20.7. The van der Waals surface area contributed by atoms with Gasteiger partial charge in [0.25, 0.3) is 5.91 Å². The maximum absolute atomic E-state index is 12.5. The van der Waals surface area contributed by atoms with E-state index < -0.39 is 0 Å². The van der Waals surface area contributed by atoms with Crippen LogP contribution in [-0.2, 0) is 4.74 Å². The SMILES string of the molecule is CN=C(NCC(CC(C)C)N1CCOCC1)N1CCN(C(=O)c2ccco2)CC1.I. The molecule has 3 heterocycles. The zero-order valence-electron chi connectivity index (χ0n) is 18.4. The molecule has 170 valence electrons. The van der Waals surface area contributed by atoms with Crippen LogP contribution in [0.4, 0.5) is 0 Å². The van der Waals surface area contributed by atoms with Crippen molar-refractivity contribution >= 4 is 35.8 Å². The van der Waals surface area contributed by atoms with E-state index in [0.29, 0.717) is 30.8 Å². The molecule has 2 saturated heterocycles. The smallest absolute Gasteiger partial charge is 0.289 e. The van der Waals surface area contributed by atoms with Crippen LogP contribution in [0, 0.1) is 5.92 Å². The lowest BCUT2D eigenvalue weighted by Crippen LogP contribution is -2.56. The number of nitrogens with one attached hydrogen (secondary N) is 1. The van der Waals surface area contributed by atoms with E-state index in [2.05, 4.69) is 34.0 Å². The maximum Gasteiger partial charge on any atom is 0.289 e. The van der Waals surface area contributed by atoms with E-state index in [-0.39, 0.29) is 29.9 Å². The first-order valence-electron chi connectivity index (χ1n) is 10.7. The number of furan rings is 1. The Morgan fingerprint density at radius 1 is 1.13 bits per heavy atom. The zero-order chi connectivity index (χ0) is 20.6. The van der Waals surface area contributed by atoms with Gasteiger partial charge in [0.1, 0.15) is 0 Å². The van der Waals surface area contributed by atoms with Crippen molar-refractivity contribution in [2.45, 2.75) is 26.3 Å². The molecule has 1 unspecified atom stereocenters. The molecule has 1 N–H and O–H groups in total. The molecule has 1 aromatic heterocycles. The van der Waals surface area contributed by atoms with Crippen molar-refractivity contribution in [1.29, 1.82) is 0 Å². The number of nitrogens with zero attached hydrogens (tertiary/aromatic N) is 4. The molecule has 2 aliphatic rings. The number of carbonyl (C=O) groups excluding carboxylic acids is 1. The number of piperazine rings is 1. The highest BCUT2D eigenvalue weighted by atomic mass is 127. The van der Waals surface area contributed by atoms with Gasteiger partial charge in [-0.05, 0) is 24.5 Å². The number of aliphatic imine (C=N–C) groups is 1. The summed E-state index contributed by atoms with van der Waals surface area (Å²) in [6, 6.07) is 3.94. The van der Waals surface area contributed by atoms with E-state index in [9.17, 15) is 4.79 Å². The lowest BCUT2D eigenvalue weighted by Gasteiger charge is -2.38. The van der Waals surface area contributed by atoms with Gasteiger partial charge in [-0.25, -0.2) is 0 Å². The first kappa shape index (κ1) is 24.9. The van der Waals surface area contributed by atoms with Gasteiger partial charge in [0, 0.05) is 58.9 Å². The van der Waals surface area contributed by atoms with Crippen LogP contribution >= 0.6 is 24.0 Å². The fourth-order valence-electron chi connectivity index (χ4n) is 4.07. The van der Waals surface area contributed by atoms with Gasteiger partial charge in [-0.15, -0.1) is 24.0 Å². The van der Waals surface area contributed by atoms with Crippen LogP contribution < -0.4 is 5.32 Å². The van der Waals surface area contributed by atoms with Crippen molar-refractivity contribution in [3.05, 3.63) is 24.2 Å². The molecule has 0 spiro atoms. The van der Waals surface area contributed by atoms with Gasteiger partial charge in [-0.1, -0.05) is 13.8 Å². The maximum atomic E-state index is 12.5. The molecule has 9 heteroatoms.